The standard InChI is InChI=1S/C24H40O5/c1-16-8-7-13-23(4,5)19(16)10-9-17(2)20(25)11-14-24(6)15-12-21(28-29-24)18(3)22(26)27/h18,20-21,25H,2,7-15H2,1,3-6H3,(H,26,27)/t18-,20?,21+,24+/m0/s1. The van der Waals surface area contributed by atoms with E-state index in [1.54, 1.807) is 6.92 Å². The first kappa shape index (κ1) is 24.1. The van der Waals surface area contributed by atoms with Crippen molar-refractivity contribution in [2.24, 2.45) is 11.3 Å². The molecule has 0 amide bonds. The lowest BCUT2D eigenvalue weighted by atomic mass is 9.71. The van der Waals surface area contributed by atoms with Gasteiger partial charge in [-0.05, 0) is 89.5 Å². The van der Waals surface area contributed by atoms with Crippen molar-refractivity contribution in [1.29, 1.82) is 0 Å². The van der Waals surface area contributed by atoms with Gasteiger partial charge in [0.1, 0.15) is 11.7 Å². The molecule has 0 radical (unpaired) electrons. The van der Waals surface area contributed by atoms with Crippen LogP contribution < -0.4 is 0 Å². The molecule has 1 aliphatic carbocycles. The van der Waals surface area contributed by atoms with Crippen LogP contribution in [-0.4, -0.2) is 34.0 Å². The maximum Gasteiger partial charge on any atom is 0.308 e. The van der Waals surface area contributed by atoms with Crippen LogP contribution in [0.15, 0.2) is 23.3 Å². The third-order valence-electron chi connectivity index (χ3n) is 7.08. The lowest BCUT2D eigenvalue weighted by molar-refractivity contribution is -0.411. The Balaban J connectivity index is 1.79. The first-order valence-electron chi connectivity index (χ1n) is 11.1. The summed E-state index contributed by atoms with van der Waals surface area (Å²) in [6.45, 7) is 14.6. The highest BCUT2D eigenvalue weighted by Gasteiger charge is 2.38. The zero-order valence-corrected chi connectivity index (χ0v) is 18.9. The van der Waals surface area contributed by atoms with Gasteiger partial charge >= 0.3 is 5.97 Å². The molecule has 0 saturated carbocycles. The van der Waals surface area contributed by atoms with Crippen molar-refractivity contribution in [2.45, 2.75) is 110 Å². The molecule has 0 aromatic rings. The number of hydrogen-bond acceptors (Lipinski definition) is 4. The normalized spacial score (nSPS) is 29.4. The van der Waals surface area contributed by atoms with Crippen LogP contribution in [0.5, 0.6) is 0 Å². The molecule has 5 heteroatoms. The van der Waals surface area contributed by atoms with E-state index in [1.165, 1.54) is 30.4 Å². The van der Waals surface area contributed by atoms with E-state index in [2.05, 4.69) is 27.4 Å². The van der Waals surface area contributed by atoms with Gasteiger partial charge in [0.25, 0.3) is 0 Å². The Morgan fingerprint density at radius 2 is 2.00 bits per heavy atom. The van der Waals surface area contributed by atoms with Crippen LogP contribution in [-0.2, 0) is 14.6 Å². The van der Waals surface area contributed by atoms with E-state index in [4.69, 9.17) is 14.9 Å². The molecule has 2 rings (SSSR count). The fourth-order valence-electron chi connectivity index (χ4n) is 4.70. The molecule has 1 heterocycles. The molecule has 166 valence electrons. The van der Waals surface area contributed by atoms with Crippen molar-refractivity contribution in [1.82, 2.24) is 0 Å². The van der Waals surface area contributed by atoms with Crippen molar-refractivity contribution in [2.75, 3.05) is 0 Å². The third kappa shape index (κ3) is 6.40. The molecule has 2 aliphatic rings. The van der Waals surface area contributed by atoms with Crippen LogP contribution in [0, 0.1) is 11.3 Å². The van der Waals surface area contributed by atoms with Gasteiger partial charge in [-0.25, -0.2) is 9.78 Å². The molecule has 4 atom stereocenters. The van der Waals surface area contributed by atoms with Crippen molar-refractivity contribution in [3.8, 4) is 0 Å². The summed E-state index contributed by atoms with van der Waals surface area (Å²) >= 11 is 0. The first-order chi connectivity index (χ1) is 13.4. The summed E-state index contributed by atoms with van der Waals surface area (Å²) in [7, 11) is 0. The number of aliphatic hydroxyl groups is 1. The summed E-state index contributed by atoms with van der Waals surface area (Å²) in [4.78, 5) is 22.0. The van der Waals surface area contributed by atoms with Crippen molar-refractivity contribution in [3.05, 3.63) is 23.3 Å². The summed E-state index contributed by atoms with van der Waals surface area (Å²) < 4.78 is 0. The second-order valence-corrected chi connectivity index (χ2v) is 10.0. The van der Waals surface area contributed by atoms with E-state index in [0.717, 1.165) is 24.8 Å². The summed E-state index contributed by atoms with van der Waals surface area (Å²) in [6, 6.07) is 0. The molecule has 0 bridgehead atoms. The van der Waals surface area contributed by atoms with Gasteiger partial charge in [-0.15, -0.1) is 0 Å². The first-order valence-corrected chi connectivity index (χ1v) is 11.1. The average Bonchev–Trinajstić information content (AvgIpc) is 2.65. The largest absolute Gasteiger partial charge is 0.481 e. The minimum atomic E-state index is -0.875. The zero-order valence-electron chi connectivity index (χ0n) is 18.9. The summed E-state index contributed by atoms with van der Waals surface area (Å²) in [6.07, 6.45) is 7.06. The highest BCUT2D eigenvalue weighted by molar-refractivity contribution is 5.70. The highest BCUT2D eigenvalue weighted by atomic mass is 17.2. The Kier molecular flexibility index (Phi) is 8.11. The number of carbonyl (C=O) groups is 1. The van der Waals surface area contributed by atoms with Crippen LogP contribution in [0.4, 0.5) is 0 Å². The Labute approximate surface area is 176 Å². The topological polar surface area (TPSA) is 76.0 Å². The number of aliphatic hydroxyl groups excluding tert-OH is 1. The molecular formula is C24H40O5. The van der Waals surface area contributed by atoms with Crippen molar-refractivity contribution >= 4 is 5.97 Å². The highest BCUT2D eigenvalue weighted by Crippen LogP contribution is 2.43. The number of aliphatic carboxylic acids is 1. The Hall–Kier alpha value is -1.17. The van der Waals surface area contributed by atoms with Gasteiger partial charge in [0.15, 0.2) is 0 Å². The predicted molar refractivity (Wildman–Crippen MR) is 114 cm³/mol. The number of allylic oxidation sites excluding steroid dienone is 2. The minimum absolute atomic E-state index is 0.248. The van der Waals surface area contributed by atoms with Crippen LogP contribution in [0.2, 0.25) is 0 Å². The molecule has 1 saturated heterocycles. The molecule has 29 heavy (non-hydrogen) atoms. The molecular weight excluding hydrogens is 368 g/mol. The fourth-order valence-corrected chi connectivity index (χ4v) is 4.70. The molecule has 5 nitrogen and oxygen atoms in total. The monoisotopic (exact) mass is 408 g/mol. The van der Waals surface area contributed by atoms with Crippen molar-refractivity contribution in [3.63, 3.8) is 0 Å². The number of rotatable bonds is 9. The van der Waals surface area contributed by atoms with E-state index in [9.17, 15) is 9.90 Å². The maximum atomic E-state index is 11.1. The van der Waals surface area contributed by atoms with E-state index in [1.807, 2.05) is 6.92 Å². The lowest BCUT2D eigenvalue weighted by Crippen LogP contribution is -2.41. The van der Waals surface area contributed by atoms with Gasteiger partial charge in [-0.3, -0.25) is 4.79 Å². The number of carboxylic acids is 1. The Bertz CT molecular complexity index is 625. The molecule has 0 aromatic carbocycles. The molecule has 0 spiro atoms. The quantitative estimate of drug-likeness (QED) is 0.385. The Morgan fingerprint density at radius 3 is 2.55 bits per heavy atom. The molecule has 1 unspecified atom stereocenters. The van der Waals surface area contributed by atoms with Crippen LogP contribution in [0.25, 0.3) is 0 Å². The summed E-state index contributed by atoms with van der Waals surface area (Å²) in [5, 5.41) is 19.7. The molecule has 1 aliphatic heterocycles. The van der Waals surface area contributed by atoms with Crippen LogP contribution in [0.3, 0.4) is 0 Å². The van der Waals surface area contributed by atoms with Crippen molar-refractivity contribution < 1.29 is 24.8 Å². The van der Waals surface area contributed by atoms with Gasteiger partial charge < -0.3 is 10.2 Å². The van der Waals surface area contributed by atoms with Crippen LogP contribution >= 0.6 is 0 Å². The van der Waals surface area contributed by atoms with E-state index >= 15 is 0 Å². The number of carboxylic acid groups (broad SMARTS) is 1. The van der Waals surface area contributed by atoms with Gasteiger partial charge in [0, 0.05) is 0 Å². The SMILES string of the molecule is C=C(CCC1=C(C)CCCC1(C)C)C(O)CC[C@]1(C)CC[C@H]([C@H](C)C(=O)O)OO1. The van der Waals surface area contributed by atoms with Gasteiger partial charge in [-0.1, -0.05) is 31.6 Å². The molecule has 0 aromatic heterocycles. The zero-order chi connectivity index (χ0) is 21.8. The maximum absolute atomic E-state index is 11.1. The van der Waals surface area contributed by atoms with E-state index in [-0.39, 0.29) is 5.41 Å². The second-order valence-electron chi connectivity index (χ2n) is 10.0. The smallest absolute Gasteiger partial charge is 0.308 e. The second kappa shape index (κ2) is 9.76. The third-order valence-corrected chi connectivity index (χ3v) is 7.08. The number of hydrogen-bond donors (Lipinski definition) is 2. The summed E-state index contributed by atoms with van der Waals surface area (Å²) in [5.41, 5.74) is 3.67. The van der Waals surface area contributed by atoms with E-state index in [0.29, 0.717) is 19.3 Å². The fraction of sp³-hybridized carbons (Fsp3) is 0.792. The van der Waals surface area contributed by atoms with Gasteiger partial charge in [-0.2, -0.15) is 0 Å². The average molecular weight is 409 g/mol. The lowest BCUT2D eigenvalue weighted by Gasteiger charge is -2.37. The molecule has 2 N–H and O–H groups in total. The van der Waals surface area contributed by atoms with Gasteiger partial charge in [0.05, 0.1) is 12.0 Å². The molecule has 1 fully saturated rings. The van der Waals surface area contributed by atoms with E-state index < -0.39 is 29.7 Å². The summed E-state index contributed by atoms with van der Waals surface area (Å²) in [5.74, 6) is -1.47. The van der Waals surface area contributed by atoms with Crippen LogP contribution in [0.1, 0.15) is 92.4 Å². The van der Waals surface area contributed by atoms with Gasteiger partial charge in [0.2, 0.25) is 0 Å². The Morgan fingerprint density at radius 1 is 1.31 bits per heavy atom. The predicted octanol–water partition coefficient (Wildman–Crippen LogP) is 5.58. The minimum Gasteiger partial charge on any atom is -0.481 e.